The number of anilines is 2. The zero-order chi connectivity index (χ0) is 65.0. The molecule has 0 radical (unpaired) electrons. The average molecular weight is 1260 g/mol. The number of carboxylic acids is 2. The van der Waals surface area contributed by atoms with E-state index in [-0.39, 0.29) is 110 Å². The van der Waals surface area contributed by atoms with E-state index >= 15 is 0 Å². The predicted octanol–water partition coefficient (Wildman–Crippen LogP) is 2.50. The summed E-state index contributed by atoms with van der Waals surface area (Å²) in [5, 5.41) is 26.9. The molecule has 8 N–H and O–H groups in total. The number of hydrogen-bond donors (Lipinski definition) is 8. The Morgan fingerprint density at radius 1 is 0.556 bits per heavy atom. The third kappa shape index (κ3) is 19.7. The SMILES string of the molecule is CC(C)C(=O)Nc1nc2c(ncn2C2CC(OC(=O)NCC(=O)O)C(COC(=O)CCC(=O)O)O2)c(=O)[nH]1.CC(C)C(=O)Nc1nc2c(ncn2C2CC(OC(=O)NCC(=O)OCc3ccccc3)C(COC(=O)CCC(=O)OCc3ccccc3)O2)c(=O)[nH]1. The number of fused-ring (bicyclic) bond motifs is 2. The first-order valence-electron chi connectivity index (χ1n) is 27.9. The van der Waals surface area contributed by atoms with Gasteiger partial charge in [-0.15, -0.1) is 0 Å². The minimum Gasteiger partial charge on any atom is -0.481 e. The van der Waals surface area contributed by atoms with Crippen LogP contribution in [0.4, 0.5) is 21.5 Å². The van der Waals surface area contributed by atoms with Crippen LogP contribution in [-0.2, 0) is 89.5 Å². The first kappa shape index (κ1) is 66.9. The smallest absolute Gasteiger partial charge is 0.408 e. The Labute approximate surface area is 508 Å². The standard InChI is InChI=1S/C35H38N6O11.C21H26N6O11/c1-21(2)32(45)39-34-38-31-30(33(46)40-34)37-20-41(31)26-15-24(52-35(47)36-16-29(44)49-18-23-11-7-4-8-12-23)25(51-26)19-50-28(43)14-13-27(42)48-17-22-9-5-3-6-10-22;1-9(2)18(33)25-20-24-17-16(19(34)26-20)23-8-27(17)12-5-10(38-21(35)22-6-14(30)31)11(37-12)7-36-15(32)4-3-13(28)29/h3-12,20-21,24-26H,13-19H2,1-2H3,(H,36,47)(H2,38,39,40,45,46);8-12H,3-7H2,1-2H3,(H,22,35)(H,28,29)(H,30,31)(H2,24,25,26,33,34). The molecule has 6 unspecified atom stereocenters. The molecule has 34 heteroatoms. The van der Waals surface area contributed by atoms with E-state index in [1.54, 1.807) is 64.1 Å². The second kappa shape index (κ2) is 31.8. The molecule has 2 fully saturated rings. The Bertz CT molecular complexity index is 3680. The van der Waals surface area contributed by atoms with Gasteiger partial charge in [-0.25, -0.2) is 19.6 Å². The Morgan fingerprint density at radius 2 is 0.956 bits per heavy atom. The van der Waals surface area contributed by atoms with Crippen molar-refractivity contribution in [3.63, 3.8) is 0 Å². The van der Waals surface area contributed by atoms with Crippen molar-refractivity contribution >= 4 is 94.0 Å². The fourth-order valence-corrected chi connectivity index (χ4v) is 8.36. The zero-order valence-corrected chi connectivity index (χ0v) is 48.8. The van der Waals surface area contributed by atoms with Crippen molar-refractivity contribution in [1.29, 1.82) is 0 Å². The second-order valence-corrected chi connectivity index (χ2v) is 20.5. The monoisotopic (exact) mass is 1260 g/mol. The van der Waals surface area contributed by atoms with E-state index in [4.69, 9.17) is 48.1 Å². The van der Waals surface area contributed by atoms with Crippen LogP contribution in [0.25, 0.3) is 22.3 Å². The van der Waals surface area contributed by atoms with Crippen LogP contribution in [0.15, 0.2) is 82.9 Å². The minimum atomic E-state index is -1.30. The Morgan fingerprint density at radius 3 is 1.37 bits per heavy atom. The maximum absolute atomic E-state index is 12.8. The normalized spacial score (nSPS) is 17.5. The van der Waals surface area contributed by atoms with Gasteiger partial charge in [-0.05, 0) is 11.1 Å². The predicted molar refractivity (Wildman–Crippen MR) is 305 cm³/mol. The van der Waals surface area contributed by atoms with Gasteiger partial charge in [-0.3, -0.25) is 77.7 Å². The Kier molecular flexibility index (Phi) is 23.7. The van der Waals surface area contributed by atoms with Gasteiger partial charge >= 0.3 is 48.0 Å². The van der Waals surface area contributed by atoms with Crippen molar-refractivity contribution < 1.29 is 96.1 Å². The number of H-pyrrole nitrogens is 2. The lowest BCUT2D eigenvalue weighted by Gasteiger charge is -2.19. The highest BCUT2D eigenvalue weighted by molar-refractivity contribution is 5.92. The van der Waals surface area contributed by atoms with Crippen LogP contribution >= 0.6 is 0 Å². The molecule has 6 heterocycles. The van der Waals surface area contributed by atoms with Crippen LogP contribution in [-0.4, -0.2) is 160 Å². The molecule has 6 atom stereocenters. The summed E-state index contributed by atoms with van der Waals surface area (Å²) in [5.41, 5.74) is 0.352. The van der Waals surface area contributed by atoms with Crippen molar-refractivity contribution in [3.05, 3.63) is 105 Å². The Balaban J connectivity index is 0.000000269. The number of rotatable bonds is 26. The van der Waals surface area contributed by atoms with Gasteiger partial charge in [0.15, 0.2) is 22.3 Å². The molecule has 2 aliphatic heterocycles. The molecule has 0 aliphatic carbocycles. The number of aromatic nitrogens is 8. The summed E-state index contributed by atoms with van der Waals surface area (Å²) < 4.78 is 46.5. The molecule has 2 saturated heterocycles. The fraction of sp³-hybridized carbons (Fsp3) is 0.429. The number of carboxylic acid groups (broad SMARTS) is 2. The van der Waals surface area contributed by atoms with Gasteiger partial charge in [0.1, 0.15) is 76.4 Å². The quantitative estimate of drug-likeness (QED) is 0.0286. The van der Waals surface area contributed by atoms with Gasteiger partial charge in [0, 0.05) is 24.7 Å². The summed E-state index contributed by atoms with van der Waals surface area (Å²) in [6.45, 7) is 4.78. The van der Waals surface area contributed by atoms with Crippen LogP contribution in [0, 0.1) is 11.8 Å². The van der Waals surface area contributed by atoms with E-state index in [0.717, 1.165) is 11.1 Å². The van der Waals surface area contributed by atoms with Crippen LogP contribution in [0.2, 0.25) is 0 Å². The third-order valence-corrected chi connectivity index (χ3v) is 13.0. The number of carbonyl (C=O) groups excluding carboxylic acids is 8. The molecule has 4 amide bonds. The molecule has 8 rings (SSSR count). The molecule has 0 saturated carbocycles. The topological polar surface area (TPSA) is 460 Å². The summed E-state index contributed by atoms with van der Waals surface area (Å²) in [4.78, 5) is 166. The van der Waals surface area contributed by atoms with Gasteiger partial charge in [0.25, 0.3) is 11.1 Å². The van der Waals surface area contributed by atoms with Crippen molar-refractivity contribution in [3.8, 4) is 0 Å². The lowest BCUT2D eigenvalue weighted by atomic mass is 10.2. The molecule has 6 aromatic rings. The summed E-state index contributed by atoms with van der Waals surface area (Å²) in [6, 6.07) is 18.1. The third-order valence-electron chi connectivity index (χ3n) is 13.0. The molecule has 2 aliphatic rings. The van der Waals surface area contributed by atoms with Crippen LogP contribution in [0.1, 0.15) is 89.8 Å². The number of benzene rings is 2. The van der Waals surface area contributed by atoms with Crippen LogP contribution < -0.4 is 32.4 Å². The number of amides is 4. The number of aliphatic carboxylic acids is 2. The van der Waals surface area contributed by atoms with Gasteiger partial charge in [0.2, 0.25) is 23.7 Å². The molecule has 480 valence electrons. The molecule has 2 aromatic carbocycles. The lowest BCUT2D eigenvalue weighted by Crippen LogP contribution is -2.38. The van der Waals surface area contributed by atoms with Crippen molar-refractivity contribution in [2.45, 2.75) is 116 Å². The number of hydrogen-bond acceptors (Lipinski definition) is 24. The highest BCUT2D eigenvalue weighted by Crippen LogP contribution is 2.34. The molecule has 4 aromatic heterocycles. The zero-order valence-electron chi connectivity index (χ0n) is 48.8. The molecule has 34 nitrogen and oxygen atoms in total. The van der Waals surface area contributed by atoms with Gasteiger partial charge < -0.3 is 58.7 Å². The van der Waals surface area contributed by atoms with Crippen molar-refractivity contribution in [2.75, 3.05) is 36.9 Å². The van der Waals surface area contributed by atoms with E-state index in [9.17, 15) is 57.5 Å². The largest absolute Gasteiger partial charge is 0.481 e. The maximum atomic E-state index is 12.8. The highest BCUT2D eigenvalue weighted by atomic mass is 16.6. The van der Waals surface area contributed by atoms with Crippen LogP contribution in [0.5, 0.6) is 0 Å². The van der Waals surface area contributed by atoms with Crippen molar-refractivity contribution in [1.82, 2.24) is 49.7 Å². The summed E-state index contributed by atoms with van der Waals surface area (Å²) >= 11 is 0. The van der Waals surface area contributed by atoms with Crippen LogP contribution in [0.3, 0.4) is 0 Å². The lowest BCUT2D eigenvalue weighted by molar-refractivity contribution is -0.154. The summed E-state index contributed by atoms with van der Waals surface area (Å²) in [5.74, 6) is -7.07. The number of nitrogens with one attached hydrogen (secondary N) is 6. The number of carbonyl (C=O) groups is 10. The molecular weight excluding hydrogens is 1190 g/mol. The number of aromatic amines is 2. The number of esters is 4. The number of ether oxygens (including phenoxy) is 8. The van der Waals surface area contributed by atoms with E-state index < -0.39 is 122 Å². The van der Waals surface area contributed by atoms with E-state index in [0.29, 0.717) is 0 Å². The van der Waals surface area contributed by atoms with Gasteiger partial charge in [0.05, 0.1) is 38.3 Å². The second-order valence-electron chi connectivity index (χ2n) is 20.5. The van der Waals surface area contributed by atoms with E-state index in [2.05, 4.69) is 45.9 Å². The first-order chi connectivity index (χ1) is 43.0. The Hall–Kier alpha value is -10.6. The van der Waals surface area contributed by atoms with Crippen molar-refractivity contribution in [2.24, 2.45) is 11.8 Å². The van der Waals surface area contributed by atoms with E-state index in [1.165, 1.54) is 21.8 Å². The fourth-order valence-electron chi connectivity index (χ4n) is 8.36. The van der Waals surface area contributed by atoms with Gasteiger partial charge in [-0.1, -0.05) is 88.4 Å². The first-order valence-corrected chi connectivity index (χ1v) is 27.9. The van der Waals surface area contributed by atoms with Gasteiger partial charge in [-0.2, -0.15) is 9.97 Å². The number of imidazole rings is 2. The summed E-state index contributed by atoms with van der Waals surface area (Å²) in [6.07, 6.45) is -6.80. The maximum Gasteiger partial charge on any atom is 0.408 e. The molecule has 0 spiro atoms. The number of alkyl carbamates (subject to hydrolysis) is 2. The average Bonchev–Trinajstić information content (AvgIpc) is 1.70. The molecule has 0 bridgehead atoms. The summed E-state index contributed by atoms with van der Waals surface area (Å²) in [7, 11) is 0. The number of nitrogens with zero attached hydrogens (tertiary/aromatic N) is 6. The minimum absolute atomic E-state index is 0.00642. The molecule has 90 heavy (non-hydrogen) atoms. The van der Waals surface area contributed by atoms with E-state index in [1.807, 2.05) is 29.6 Å². The molecular formula is C56H64N12O22. The highest BCUT2D eigenvalue weighted by Gasteiger charge is 2.42.